The fourth-order valence-corrected chi connectivity index (χ4v) is 0.715. The molecule has 0 aliphatic carbocycles. The summed E-state index contributed by atoms with van der Waals surface area (Å²) in [6.07, 6.45) is 0. The van der Waals surface area contributed by atoms with Crippen LogP contribution in [0.15, 0.2) is 0 Å². The second kappa shape index (κ2) is 4.09. The van der Waals surface area contributed by atoms with Crippen molar-refractivity contribution in [3.63, 3.8) is 0 Å². The van der Waals surface area contributed by atoms with Gasteiger partial charge in [-0.25, -0.2) is 0 Å². The highest BCUT2D eigenvalue weighted by Gasteiger charge is 2.17. The lowest BCUT2D eigenvalue weighted by Crippen LogP contribution is -2.41. The second-order valence-corrected chi connectivity index (χ2v) is 5.19. The lowest BCUT2D eigenvalue weighted by Gasteiger charge is -2.23. The minimum atomic E-state index is -0.392. The van der Waals surface area contributed by atoms with E-state index in [4.69, 9.17) is 4.74 Å². The summed E-state index contributed by atoms with van der Waals surface area (Å²) in [6, 6.07) is 0. The Morgan fingerprint density at radius 3 is 1.92 bits per heavy atom. The molecular weight excluding hydrogens is 166 g/mol. The third-order valence-electron chi connectivity index (χ3n) is 1.18. The maximum absolute atomic E-state index is 11.2. The Hall–Kier alpha value is -0.570. The first-order valence-corrected chi connectivity index (χ1v) is 4.57. The van der Waals surface area contributed by atoms with Gasteiger partial charge in [-0.3, -0.25) is 4.79 Å². The number of esters is 1. The first-order valence-electron chi connectivity index (χ1n) is 4.57. The van der Waals surface area contributed by atoms with Gasteiger partial charge in [-0.2, -0.15) is 0 Å². The van der Waals surface area contributed by atoms with E-state index in [0.29, 0.717) is 0 Å². The number of rotatable bonds is 2. The van der Waals surface area contributed by atoms with Gasteiger partial charge in [-0.15, -0.1) is 0 Å². The van der Waals surface area contributed by atoms with Crippen molar-refractivity contribution in [2.45, 2.75) is 52.7 Å². The lowest BCUT2D eigenvalue weighted by atomic mass is 10.1. The topological polar surface area (TPSA) is 38.3 Å². The third kappa shape index (κ3) is 9.34. The quantitative estimate of drug-likeness (QED) is 0.669. The van der Waals surface area contributed by atoms with Crippen molar-refractivity contribution in [1.82, 2.24) is 5.32 Å². The smallest absolute Gasteiger partial charge is 0.320 e. The molecular formula is C10H21NO2. The number of carbonyl (C=O) groups is 1. The Kier molecular flexibility index (Phi) is 3.91. The summed E-state index contributed by atoms with van der Waals surface area (Å²) >= 11 is 0. The van der Waals surface area contributed by atoms with Crippen LogP contribution in [0.25, 0.3) is 0 Å². The molecule has 0 aromatic rings. The molecule has 0 radical (unpaired) electrons. The summed E-state index contributed by atoms with van der Waals surface area (Å²) < 4.78 is 5.13. The zero-order valence-corrected chi connectivity index (χ0v) is 9.52. The fourth-order valence-electron chi connectivity index (χ4n) is 0.715. The summed E-state index contributed by atoms with van der Waals surface area (Å²) in [5.41, 5.74) is -0.437. The summed E-state index contributed by atoms with van der Waals surface area (Å²) in [4.78, 5) is 11.2. The molecule has 0 spiro atoms. The van der Waals surface area contributed by atoms with Gasteiger partial charge in [0.05, 0.1) is 6.54 Å². The van der Waals surface area contributed by atoms with E-state index >= 15 is 0 Å². The predicted molar refractivity (Wildman–Crippen MR) is 53.6 cm³/mol. The molecule has 0 heterocycles. The van der Waals surface area contributed by atoms with E-state index in [9.17, 15) is 4.79 Å². The van der Waals surface area contributed by atoms with Crippen molar-refractivity contribution < 1.29 is 9.53 Å². The van der Waals surface area contributed by atoms with Crippen LogP contribution in [0.4, 0.5) is 0 Å². The first-order chi connectivity index (χ1) is 5.60. The van der Waals surface area contributed by atoms with Gasteiger partial charge in [0, 0.05) is 5.54 Å². The normalized spacial score (nSPS) is 12.8. The summed E-state index contributed by atoms with van der Waals surface area (Å²) in [5, 5.41) is 3.07. The van der Waals surface area contributed by atoms with Crippen LogP contribution in [0, 0.1) is 0 Å². The number of hydrogen-bond acceptors (Lipinski definition) is 3. The Morgan fingerprint density at radius 2 is 1.62 bits per heavy atom. The average molecular weight is 187 g/mol. The van der Waals surface area contributed by atoms with Crippen LogP contribution >= 0.6 is 0 Å². The molecule has 0 atom stereocenters. The predicted octanol–water partition coefficient (Wildman–Crippen LogP) is 1.72. The van der Waals surface area contributed by atoms with Crippen LogP contribution in [0.5, 0.6) is 0 Å². The summed E-state index contributed by atoms with van der Waals surface area (Å²) in [5.74, 6) is -0.206. The number of nitrogens with one attached hydrogen (secondary N) is 1. The SMILES string of the molecule is CC(C)(C)NCC(=O)OC(C)(C)C. The van der Waals surface area contributed by atoms with E-state index in [0.717, 1.165) is 0 Å². The van der Waals surface area contributed by atoms with Crippen molar-refractivity contribution in [3.05, 3.63) is 0 Å². The molecule has 13 heavy (non-hydrogen) atoms. The molecule has 0 aliphatic rings. The van der Waals surface area contributed by atoms with Gasteiger partial charge >= 0.3 is 5.97 Å². The molecule has 1 N–H and O–H groups in total. The van der Waals surface area contributed by atoms with Gasteiger partial charge in [0.25, 0.3) is 0 Å². The minimum Gasteiger partial charge on any atom is -0.459 e. The number of ether oxygens (including phenoxy) is 1. The third-order valence-corrected chi connectivity index (χ3v) is 1.18. The number of hydrogen-bond donors (Lipinski definition) is 1. The zero-order valence-electron chi connectivity index (χ0n) is 9.52. The zero-order chi connectivity index (χ0) is 10.7. The molecule has 0 aromatic carbocycles. The molecule has 3 nitrogen and oxygen atoms in total. The standard InChI is InChI=1S/C10H21NO2/c1-9(2,3)11-7-8(12)13-10(4,5)6/h11H,7H2,1-6H3. The Labute approximate surface area is 80.8 Å². The van der Waals surface area contributed by atoms with Gasteiger partial charge < -0.3 is 10.1 Å². The highest BCUT2D eigenvalue weighted by Crippen LogP contribution is 2.07. The largest absolute Gasteiger partial charge is 0.459 e. The molecule has 0 saturated heterocycles. The van der Waals surface area contributed by atoms with Crippen molar-refractivity contribution in [1.29, 1.82) is 0 Å². The van der Waals surface area contributed by atoms with Crippen LogP contribution < -0.4 is 5.32 Å². The molecule has 0 fully saturated rings. The number of carbonyl (C=O) groups excluding carboxylic acids is 1. The maximum atomic E-state index is 11.2. The van der Waals surface area contributed by atoms with E-state index in [-0.39, 0.29) is 18.1 Å². The van der Waals surface area contributed by atoms with E-state index in [1.807, 2.05) is 41.5 Å². The minimum absolute atomic E-state index is 0.0447. The molecule has 0 aliphatic heterocycles. The first kappa shape index (κ1) is 12.4. The van der Waals surface area contributed by atoms with Gasteiger partial charge in [-0.05, 0) is 41.5 Å². The molecule has 0 aromatic heterocycles. The molecule has 3 heteroatoms. The Morgan fingerprint density at radius 1 is 1.15 bits per heavy atom. The van der Waals surface area contributed by atoms with Gasteiger partial charge in [0.1, 0.15) is 5.60 Å². The second-order valence-electron chi connectivity index (χ2n) is 5.19. The molecule has 0 unspecified atom stereocenters. The van der Waals surface area contributed by atoms with E-state index in [1.165, 1.54) is 0 Å². The molecule has 78 valence electrons. The van der Waals surface area contributed by atoms with Gasteiger partial charge in [-0.1, -0.05) is 0 Å². The fraction of sp³-hybridized carbons (Fsp3) is 0.900. The van der Waals surface area contributed by atoms with Gasteiger partial charge in [0.2, 0.25) is 0 Å². The van der Waals surface area contributed by atoms with Gasteiger partial charge in [0.15, 0.2) is 0 Å². The molecule has 0 bridgehead atoms. The van der Waals surface area contributed by atoms with Crippen molar-refractivity contribution in [3.8, 4) is 0 Å². The molecule has 0 saturated carbocycles. The van der Waals surface area contributed by atoms with Crippen LogP contribution in [0.3, 0.4) is 0 Å². The summed E-state index contributed by atoms with van der Waals surface area (Å²) in [6.45, 7) is 11.9. The van der Waals surface area contributed by atoms with E-state index < -0.39 is 5.60 Å². The average Bonchev–Trinajstić information content (AvgIpc) is 1.78. The van der Waals surface area contributed by atoms with E-state index in [1.54, 1.807) is 0 Å². The highest BCUT2D eigenvalue weighted by molar-refractivity contribution is 5.72. The van der Waals surface area contributed by atoms with Crippen molar-refractivity contribution >= 4 is 5.97 Å². The Bertz CT molecular complexity index is 174. The van der Waals surface area contributed by atoms with Crippen LogP contribution in [-0.2, 0) is 9.53 Å². The van der Waals surface area contributed by atoms with Crippen LogP contribution in [0.1, 0.15) is 41.5 Å². The van der Waals surface area contributed by atoms with Crippen molar-refractivity contribution in [2.24, 2.45) is 0 Å². The van der Waals surface area contributed by atoms with Crippen LogP contribution in [-0.4, -0.2) is 23.7 Å². The van der Waals surface area contributed by atoms with Crippen molar-refractivity contribution in [2.75, 3.05) is 6.54 Å². The molecule has 0 rings (SSSR count). The maximum Gasteiger partial charge on any atom is 0.320 e. The lowest BCUT2D eigenvalue weighted by molar-refractivity contribution is -0.153. The Balaban J connectivity index is 3.78. The van der Waals surface area contributed by atoms with E-state index in [2.05, 4.69) is 5.32 Å². The highest BCUT2D eigenvalue weighted by atomic mass is 16.6. The van der Waals surface area contributed by atoms with Crippen LogP contribution in [0.2, 0.25) is 0 Å². The summed E-state index contributed by atoms with van der Waals surface area (Å²) in [7, 11) is 0. The monoisotopic (exact) mass is 187 g/mol. The molecule has 0 amide bonds.